The molecule has 0 bridgehead atoms. The molecule has 2 unspecified atom stereocenters. The van der Waals surface area contributed by atoms with E-state index in [2.05, 4.69) is 9.80 Å². The Morgan fingerprint density at radius 3 is 2.70 bits per heavy atom. The highest BCUT2D eigenvalue weighted by Crippen LogP contribution is 2.21. The number of hydrogen-bond acceptors (Lipinski definition) is 5. The van der Waals surface area contributed by atoms with Crippen molar-refractivity contribution in [3.8, 4) is 0 Å². The van der Waals surface area contributed by atoms with Gasteiger partial charge in [0.25, 0.3) is 0 Å². The van der Waals surface area contributed by atoms with Crippen molar-refractivity contribution in [1.82, 2.24) is 9.80 Å². The van der Waals surface area contributed by atoms with Crippen molar-refractivity contribution in [1.29, 1.82) is 0 Å². The van der Waals surface area contributed by atoms with E-state index in [1.54, 1.807) is 6.92 Å². The first kappa shape index (κ1) is 15.7. The summed E-state index contributed by atoms with van der Waals surface area (Å²) in [7, 11) is 1.40. The number of carbonyl (C=O) groups excluding carboxylic acids is 1. The standard InChI is InChI=1S/C15H29N3O2/c1-15(16,14(19)20-2)7-5-8-17-11-6-13(12-17)18-9-3-4-10-18/h13H,3-12,16H2,1-2H3. The average Bonchev–Trinajstić information content (AvgIpc) is 3.07. The maximum absolute atomic E-state index is 11.5. The molecule has 2 N–H and O–H groups in total. The minimum absolute atomic E-state index is 0.311. The molecule has 5 heteroatoms. The fourth-order valence-corrected chi connectivity index (χ4v) is 3.43. The minimum Gasteiger partial charge on any atom is -0.468 e. The van der Waals surface area contributed by atoms with E-state index < -0.39 is 5.54 Å². The van der Waals surface area contributed by atoms with E-state index in [9.17, 15) is 4.79 Å². The van der Waals surface area contributed by atoms with Crippen LogP contribution in [0.2, 0.25) is 0 Å². The van der Waals surface area contributed by atoms with Crippen LogP contribution in [-0.4, -0.2) is 67.2 Å². The van der Waals surface area contributed by atoms with Gasteiger partial charge in [-0.1, -0.05) is 0 Å². The molecule has 2 fully saturated rings. The van der Waals surface area contributed by atoms with Crippen molar-refractivity contribution in [2.75, 3.05) is 39.8 Å². The second kappa shape index (κ2) is 6.87. The van der Waals surface area contributed by atoms with Gasteiger partial charge in [-0.15, -0.1) is 0 Å². The number of ether oxygens (including phenoxy) is 1. The molecule has 0 amide bonds. The van der Waals surface area contributed by atoms with E-state index in [-0.39, 0.29) is 5.97 Å². The molecule has 116 valence electrons. The Kier molecular flexibility index (Phi) is 5.41. The lowest BCUT2D eigenvalue weighted by molar-refractivity contribution is -0.146. The van der Waals surface area contributed by atoms with E-state index in [1.807, 2.05) is 0 Å². The Bertz CT molecular complexity index is 327. The lowest BCUT2D eigenvalue weighted by Gasteiger charge is -2.25. The quantitative estimate of drug-likeness (QED) is 0.732. The van der Waals surface area contributed by atoms with Gasteiger partial charge in [-0.25, -0.2) is 0 Å². The van der Waals surface area contributed by atoms with Gasteiger partial charge < -0.3 is 15.4 Å². The minimum atomic E-state index is -0.844. The third-order valence-corrected chi connectivity index (χ3v) is 4.73. The van der Waals surface area contributed by atoms with E-state index in [0.717, 1.165) is 19.0 Å². The number of esters is 1. The number of nitrogens with zero attached hydrogens (tertiary/aromatic N) is 2. The van der Waals surface area contributed by atoms with Crippen LogP contribution in [0.25, 0.3) is 0 Å². The molecule has 0 aromatic rings. The molecule has 0 spiro atoms. The highest BCUT2D eigenvalue weighted by atomic mass is 16.5. The molecule has 0 saturated carbocycles. The molecule has 0 aromatic heterocycles. The molecule has 2 atom stereocenters. The van der Waals surface area contributed by atoms with Crippen LogP contribution in [0.3, 0.4) is 0 Å². The van der Waals surface area contributed by atoms with Crippen LogP contribution < -0.4 is 5.73 Å². The van der Waals surface area contributed by atoms with Crippen LogP contribution in [0.15, 0.2) is 0 Å². The van der Waals surface area contributed by atoms with Crippen molar-refractivity contribution in [2.24, 2.45) is 5.73 Å². The van der Waals surface area contributed by atoms with Crippen molar-refractivity contribution >= 4 is 5.97 Å². The summed E-state index contributed by atoms with van der Waals surface area (Å²) in [6.45, 7) is 7.72. The van der Waals surface area contributed by atoms with Gasteiger partial charge in [0.1, 0.15) is 5.54 Å². The molecule has 2 aliphatic rings. The highest BCUT2D eigenvalue weighted by Gasteiger charge is 2.31. The molecule has 2 heterocycles. The van der Waals surface area contributed by atoms with Gasteiger partial charge in [0, 0.05) is 12.6 Å². The van der Waals surface area contributed by atoms with Gasteiger partial charge in [0.05, 0.1) is 7.11 Å². The molecule has 2 saturated heterocycles. The fourth-order valence-electron chi connectivity index (χ4n) is 3.43. The fraction of sp³-hybridized carbons (Fsp3) is 0.933. The van der Waals surface area contributed by atoms with Crippen molar-refractivity contribution in [3.63, 3.8) is 0 Å². The summed E-state index contributed by atoms with van der Waals surface area (Å²) in [6.07, 6.45) is 5.65. The molecular formula is C15H29N3O2. The zero-order valence-electron chi connectivity index (χ0n) is 12.9. The normalized spacial score (nSPS) is 27.6. The van der Waals surface area contributed by atoms with E-state index in [1.165, 1.54) is 52.6 Å². The van der Waals surface area contributed by atoms with E-state index >= 15 is 0 Å². The first-order chi connectivity index (χ1) is 9.53. The number of likely N-dealkylation sites (tertiary alicyclic amines) is 2. The molecule has 2 aliphatic heterocycles. The predicted molar refractivity (Wildman–Crippen MR) is 79.5 cm³/mol. The Morgan fingerprint density at radius 1 is 1.35 bits per heavy atom. The maximum atomic E-state index is 11.5. The van der Waals surface area contributed by atoms with Gasteiger partial charge in [0.2, 0.25) is 0 Å². The summed E-state index contributed by atoms with van der Waals surface area (Å²) < 4.78 is 4.74. The zero-order chi connectivity index (χ0) is 14.6. The Labute approximate surface area is 122 Å². The molecule has 0 radical (unpaired) electrons. The summed E-state index contributed by atoms with van der Waals surface area (Å²) >= 11 is 0. The van der Waals surface area contributed by atoms with Gasteiger partial charge >= 0.3 is 5.97 Å². The smallest absolute Gasteiger partial charge is 0.325 e. The van der Waals surface area contributed by atoms with Crippen LogP contribution in [0.4, 0.5) is 0 Å². The predicted octanol–water partition coefficient (Wildman–Crippen LogP) is 0.827. The third kappa shape index (κ3) is 3.93. The lowest BCUT2D eigenvalue weighted by Crippen LogP contribution is -2.46. The number of hydrogen-bond donors (Lipinski definition) is 1. The molecule has 5 nitrogen and oxygen atoms in total. The Balaban J connectivity index is 1.67. The van der Waals surface area contributed by atoms with E-state index in [0.29, 0.717) is 6.42 Å². The molecular weight excluding hydrogens is 254 g/mol. The Morgan fingerprint density at radius 2 is 2.05 bits per heavy atom. The molecule has 2 rings (SSSR count). The summed E-state index contributed by atoms with van der Waals surface area (Å²) in [6, 6.07) is 0.752. The van der Waals surface area contributed by atoms with E-state index in [4.69, 9.17) is 10.5 Å². The topological polar surface area (TPSA) is 58.8 Å². The summed E-state index contributed by atoms with van der Waals surface area (Å²) in [5.41, 5.74) is 5.14. The first-order valence-corrected chi connectivity index (χ1v) is 7.86. The largest absolute Gasteiger partial charge is 0.468 e. The third-order valence-electron chi connectivity index (χ3n) is 4.73. The number of rotatable bonds is 6. The number of methoxy groups -OCH3 is 1. The second-order valence-corrected chi connectivity index (χ2v) is 6.50. The second-order valence-electron chi connectivity index (χ2n) is 6.50. The van der Waals surface area contributed by atoms with Crippen molar-refractivity contribution in [2.45, 2.75) is 50.6 Å². The number of nitrogens with two attached hydrogens (primary N) is 1. The molecule has 0 aromatic carbocycles. The first-order valence-electron chi connectivity index (χ1n) is 7.86. The average molecular weight is 283 g/mol. The van der Waals surface area contributed by atoms with Gasteiger partial charge in [-0.05, 0) is 65.2 Å². The summed E-state index contributed by atoms with van der Waals surface area (Å²) in [5.74, 6) is -0.311. The molecule has 20 heavy (non-hydrogen) atoms. The Hall–Kier alpha value is -0.650. The van der Waals surface area contributed by atoms with Crippen LogP contribution in [0.1, 0.15) is 39.0 Å². The van der Waals surface area contributed by atoms with Gasteiger partial charge in [0.15, 0.2) is 0 Å². The summed E-state index contributed by atoms with van der Waals surface area (Å²) in [4.78, 5) is 16.7. The van der Waals surface area contributed by atoms with Crippen molar-refractivity contribution < 1.29 is 9.53 Å². The van der Waals surface area contributed by atoms with Crippen LogP contribution in [0, 0.1) is 0 Å². The maximum Gasteiger partial charge on any atom is 0.325 e. The highest BCUT2D eigenvalue weighted by molar-refractivity contribution is 5.79. The van der Waals surface area contributed by atoms with Crippen LogP contribution in [-0.2, 0) is 9.53 Å². The SMILES string of the molecule is COC(=O)C(C)(N)CCCN1CCC(N2CCCC2)C1. The van der Waals surface area contributed by atoms with Gasteiger partial charge in [-0.3, -0.25) is 9.69 Å². The van der Waals surface area contributed by atoms with Crippen molar-refractivity contribution in [3.05, 3.63) is 0 Å². The van der Waals surface area contributed by atoms with Crippen LogP contribution >= 0.6 is 0 Å². The lowest BCUT2D eigenvalue weighted by atomic mass is 9.97. The monoisotopic (exact) mass is 283 g/mol. The summed E-state index contributed by atoms with van der Waals surface area (Å²) in [5, 5.41) is 0. The van der Waals surface area contributed by atoms with Crippen LogP contribution in [0.5, 0.6) is 0 Å². The van der Waals surface area contributed by atoms with Gasteiger partial charge in [-0.2, -0.15) is 0 Å². The zero-order valence-corrected chi connectivity index (χ0v) is 12.9. The number of carbonyl (C=O) groups is 1. The molecule has 0 aliphatic carbocycles.